The van der Waals surface area contributed by atoms with Crippen molar-refractivity contribution in [2.24, 2.45) is 10.9 Å². The van der Waals surface area contributed by atoms with Gasteiger partial charge in [0.15, 0.2) is 5.82 Å². The SMILES string of the molecule is CC1C=Nc2nc(C(C)(C)C)cc(O[Si](C)(C)C)c2C1. The summed E-state index contributed by atoms with van der Waals surface area (Å²) in [6.45, 7) is 15.4. The maximum Gasteiger partial charge on any atom is 0.242 e. The lowest BCUT2D eigenvalue weighted by atomic mass is 9.90. The quantitative estimate of drug-likeness (QED) is 0.752. The molecule has 1 aromatic heterocycles. The molecule has 0 saturated heterocycles. The second-order valence-electron chi connectivity index (χ2n) is 7.73. The summed E-state index contributed by atoms with van der Waals surface area (Å²) in [7, 11) is -1.64. The van der Waals surface area contributed by atoms with Gasteiger partial charge in [-0.1, -0.05) is 27.7 Å². The standard InChI is InChI=1S/C16H26N2OSi/c1-11-8-12-13(19-20(5,6)7)9-14(16(2,3)4)18-15(12)17-10-11/h9-11H,8H2,1-7H3. The lowest BCUT2D eigenvalue weighted by Crippen LogP contribution is -2.30. The summed E-state index contributed by atoms with van der Waals surface area (Å²) >= 11 is 0. The zero-order chi connectivity index (χ0) is 15.1. The molecule has 0 saturated carbocycles. The third-order valence-electron chi connectivity index (χ3n) is 3.22. The van der Waals surface area contributed by atoms with E-state index in [-0.39, 0.29) is 5.41 Å². The summed E-state index contributed by atoms with van der Waals surface area (Å²) in [4.78, 5) is 9.29. The molecule has 1 unspecified atom stereocenters. The molecule has 1 aromatic rings. The van der Waals surface area contributed by atoms with Gasteiger partial charge in [0.1, 0.15) is 5.75 Å². The number of rotatable bonds is 2. The highest BCUT2D eigenvalue weighted by molar-refractivity contribution is 6.70. The average Bonchev–Trinajstić information content (AvgIpc) is 2.26. The van der Waals surface area contributed by atoms with E-state index in [2.05, 4.69) is 58.4 Å². The van der Waals surface area contributed by atoms with Crippen molar-refractivity contribution in [3.63, 3.8) is 0 Å². The lowest BCUT2D eigenvalue weighted by molar-refractivity contribution is 0.524. The highest BCUT2D eigenvalue weighted by Crippen LogP contribution is 2.37. The number of hydrogen-bond donors (Lipinski definition) is 0. The van der Waals surface area contributed by atoms with Crippen molar-refractivity contribution in [3.05, 3.63) is 17.3 Å². The van der Waals surface area contributed by atoms with Crippen molar-refractivity contribution >= 4 is 20.3 Å². The molecular weight excluding hydrogens is 264 g/mol. The van der Waals surface area contributed by atoms with E-state index in [4.69, 9.17) is 9.41 Å². The topological polar surface area (TPSA) is 34.5 Å². The summed E-state index contributed by atoms with van der Waals surface area (Å²) < 4.78 is 6.31. The molecule has 1 aliphatic rings. The van der Waals surface area contributed by atoms with E-state index in [1.54, 1.807) is 0 Å². The van der Waals surface area contributed by atoms with Gasteiger partial charge in [-0.2, -0.15) is 0 Å². The fourth-order valence-electron chi connectivity index (χ4n) is 2.21. The van der Waals surface area contributed by atoms with Crippen molar-refractivity contribution in [2.75, 3.05) is 0 Å². The molecule has 1 atom stereocenters. The Hall–Kier alpha value is -1.16. The molecule has 20 heavy (non-hydrogen) atoms. The van der Waals surface area contributed by atoms with Gasteiger partial charge in [-0.15, -0.1) is 0 Å². The Labute approximate surface area is 123 Å². The molecule has 0 spiro atoms. The van der Waals surface area contributed by atoms with Crippen LogP contribution >= 0.6 is 0 Å². The van der Waals surface area contributed by atoms with Crippen molar-refractivity contribution in [1.29, 1.82) is 0 Å². The number of pyridine rings is 1. The lowest BCUT2D eigenvalue weighted by Gasteiger charge is -2.27. The zero-order valence-corrected chi connectivity index (χ0v) is 14.7. The highest BCUT2D eigenvalue weighted by Gasteiger charge is 2.26. The number of aliphatic imine (C=N–C) groups is 1. The predicted molar refractivity (Wildman–Crippen MR) is 87.9 cm³/mol. The van der Waals surface area contributed by atoms with E-state index < -0.39 is 8.32 Å². The van der Waals surface area contributed by atoms with Crippen LogP contribution in [0.1, 0.15) is 39.0 Å². The molecule has 2 rings (SSSR count). The first-order valence-corrected chi connectivity index (χ1v) is 10.7. The minimum atomic E-state index is -1.64. The van der Waals surface area contributed by atoms with Gasteiger partial charge in [0.25, 0.3) is 0 Å². The second-order valence-corrected chi connectivity index (χ2v) is 12.2. The minimum absolute atomic E-state index is 0.00512. The highest BCUT2D eigenvalue weighted by atomic mass is 28.4. The van der Waals surface area contributed by atoms with Gasteiger partial charge in [0, 0.05) is 23.3 Å². The maximum atomic E-state index is 6.31. The Morgan fingerprint density at radius 2 is 1.90 bits per heavy atom. The summed E-state index contributed by atoms with van der Waals surface area (Å²) in [6.07, 6.45) is 2.97. The van der Waals surface area contributed by atoms with Crippen LogP contribution in [0.25, 0.3) is 0 Å². The van der Waals surface area contributed by atoms with Gasteiger partial charge in [0.05, 0.1) is 5.69 Å². The fourth-order valence-corrected chi connectivity index (χ4v) is 3.05. The molecule has 0 bridgehead atoms. The summed E-state index contributed by atoms with van der Waals surface area (Å²) in [5, 5.41) is 0. The molecule has 0 fully saturated rings. The first kappa shape index (κ1) is 15.2. The first-order valence-electron chi connectivity index (χ1n) is 7.34. The van der Waals surface area contributed by atoms with E-state index in [1.807, 2.05) is 6.21 Å². The van der Waals surface area contributed by atoms with E-state index in [1.165, 1.54) is 5.56 Å². The van der Waals surface area contributed by atoms with Crippen LogP contribution in [0.4, 0.5) is 5.82 Å². The summed E-state index contributed by atoms with van der Waals surface area (Å²) in [5.41, 5.74) is 2.23. The van der Waals surface area contributed by atoms with E-state index >= 15 is 0 Å². The number of nitrogens with zero attached hydrogens (tertiary/aromatic N) is 2. The number of aromatic nitrogens is 1. The van der Waals surface area contributed by atoms with Crippen LogP contribution in [0, 0.1) is 5.92 Å². The second kappa shape index (κ2) is 4.99. The Kier molecular flexibility index (Phi) is 3.80. The fraction of sp³-hybridized carbons (Fsp3) is 0.625. The van der Waals surface area contributed by atoms with Crippen molar-refractivity contribution in [3.8, 4) is 5.75 Å². The van der Waals surface area contributed by atoms with Crippen LogP contribution in [-0.2, 0) is 11.8 Å². The van der Waals surface area contributed by atoms with Crippen LogP contribution in [0.5, 0.6) is 5.75 Å². The molecule has 4 heteroatoms. The van der Waals surface area contributed by atoms with Gasteiger partial charge in [-0.25, -0.2) is 9.98 Å². The maximum absolute atomic E-state index is 6.31. The predicted octanol–water partition coefficient (Wildman–Crippen LogP) is 4.49. The Morgan fingerprint density at radius 3 is 2.45 bits per heavy atom. The third kappa shape index (κ3) is 3.48. The summed E-state index contributed by atoms with van der Waals surface area (Å²) in [6, 6.07) is 2.13. The smallest absolute Gasteiger partial charge is 0.242 e. The largest absolute Gasteiger partial charge is 0.544 e. The van der Waals surface area contributed by atoms with Gasteiger partial charge in [-0.3, -0.25) is 0 Å². The Bertz CT molecular complexity index is 539. The van der Waals surface area contributed by atoms with E-state index in [0.717, 1.165) is 23.7 Å². The van der Waals surface area contributed by atoms with Crippen molar-refractivity contribution in [2.45, 2.75) is 59.2 Å². The van der Waals surface area contributed by atoms with E-state index in [9.17, 15) is 0 Å². The molecule has 0 aromatic carbocycles. The molecule has 3 nitrogen and oxygen atoms in total. The van der Waals surface area contributed by atoms with Crippen LogP contribution < -0.4 is 4.43 Å². The molecule has 0 amide bonds. The summed E-state index contributed by atoms with van der Waals surface area (Å²) in [5.74, 6) is 2.31. The molecule has 1 aliphatic heterocycles. The number of fused-ring (bicyclic) bond motifs is 1. The Balaban J connectivity index is 2.55. The zero-order valence-electron chi connectivity index (χ0n) is 13.7. The monoisotopic (exact) mass is 290 g/mol. The minimum Gasteiger partial charge on any atom is -0.544 e. The van der Waals surface area contributed by atoms with Crippen LogP contribution in [0.15, 0.2) is 11.1 Å². The first-order chi connectivity index (χ1) is 9.06. The van der Waals surface area contributed by atoms with Gasteiger partial charge in [-0.05, 0) is 32.0 Å². The van der Waals surface area contributed by atoms with Crippen molar-refractivity contribution < 1.29 is 4.43 Å². The molecular formula is C16H26N2OSi. The average molecular weight is 290 g/mol. The van der Waals surface area contributed by atoms with Gasteiger partial charge < -0.3 is 4.43 Å². The molecule has 0 N–H and O–H groups in total. The normalized spacial score (nSPS) is 18.9. The Morgan fingerprint density at radius 1 is 1.25 bits per heavy atom. The molecule has 0 aliphatic carbocycles. The van der Waals surface area contributed by atoms with Crippen LogP contribution in [-0.4, -0.2) is 19.5 Å². The van der Waals surface area contributed by atoms with Gasteiger partial charge >= 0.3 is 0 Å². The molecule has 2 heterocycles. The van der Waals surface area contributed by atoms with Gasteiger partial charge in [0.2, 0.25) is 8.32 Å². The third-order valence-corrected chi connectivity index (χ3v) is 4.06. The van der Waals surface area contributed by atoms with Crippen LogP contribution in [0.2, 0.25) is 19.6 Å². The van der Waals surface area contributed by atoms with Crippen LogP contribution in [0.3, 0.4) is 0 Å². The molecule has 110 valence electrons. The van der Waals surface area contributed by atoms with Crippen molar-refractivity contribution in [1.82, 2.24) is 4.98 Å². The van der Waals surface area contributed by atoms with E-state index in [0.29, 0.717) is 5.92 Å². The number of hydrogen-bond acceptors (Lipinski definition) is 3. The molecule has 0 radical (unpaired) electrons.